The molecule has 2 aromatic rings. The Kier molecular flexibility index (Phi) is 6.36. The van der Waals surface area contributed by atoms with Crippen LogP contribution in [0.2, 0.25) is 0 Å². The minimum Gasteiger partial charge on any atom is -0.335 e. The summed E-state index contributed by atoms with van der Waals surface area (Å²) in [4.78, 5) is 21.4. The van der Waals surface area contributed by atoms with Crippen LogP contribution in [0.15, 0.2) is 41.8 Å². The van der Waals surface area contributed by atoms with E-state index < -0.39 is 0 Å². The van der Waals surface area contributed by atoms with Gasteiger partial charge in [0.25, 0.3) is 5.91 Å². The van der Waals surface area contributed by atoms with E-state index >= 15 is 0 Å². The fourth-order valence-electron chi connectivity index (χ4n) is 2.94. The second-order valence-corrected chi connectivity index (χ2v) is 7.22. The third-order valence-electron chi connectivity index (χ3n) is 4.37. The highest BCUT2D eigenvalue weighted by molar-refractivity contribution is 7.09. The van der Waals surface area contributed by atoms with Crippen LogP contribution in [0.4, 0.5) is 0 Å². The molecule has 1 amide bonds. The molecule has 25 heavy (non-hydrogen) atoms. The van der Waals surface area contributed by atoms with Gasteiger partial charge in [0.2, 0.25) is 0 Å². The molecule has 1 aromatic heterocycles. The molecule has 2 heterocycles. The Morgan fingerprint density at radius 3 is 2.68 bits per heavy atom. The Morgan fingerprint density at radius 2 is 1.96 bits per heavy atom. The van der Waals surface area contributed by atoms with Gasteiger partial charge in [0.05, 0.1) is 5.01 Å². The van der Waals surface area contributed by atoms with Gasteiger partial charge in [0, 0.05) is 38.1 Å². The number of thiazole rings is 1. The van der Waals surface area contributed by atoms with E-state index in [2.05, 4.69) is 53.2 Å². The number of hydrogen-bond acceptors (Lipinski definition) is 4. The standard InChI is InChI=1S/C20H25N3OS/c1-2-7-19-21-18(16-25-19)20(24)23-14-12-22(13-15-23)11-6-10-17-8-4-3-5-9-17/h3-6,8-10,16H,2,7,11-15H2,1H3. The number of piperazine rings is 1. The summed E-state index contributed by atoms with van der Waals surface area (Å²) in [5, 5.41) is 2.97. The second-order valence-electron chi connectivity index (χ2n) is 6.28. The summed E-state index contributed by atoms with van der Waals surface area (Å²) in [5.74, 6) is 0.0816. The molecule has 0 radical (unpaired) electrons. The van der Waals surface area contributed by atoms with Crippen molar-refractivity contribution in [1.29, 1.82) is 0 Å². The Bertz CT molecular complexity index is 703. The first-order valence-electron chi connectivity index (χ1n) is 8.94. The van der Waals surface area contributed by atoms with Gasteiger partial charge in [-0.1, -0.05) is 49.4 Å². The molecule has 0 unspecified atom stereocenters. The highest BCUT2D eigenvalue weighted by Gasteiger charge is 2.23. The SMILES string of the molecule is CCCc1nc(C(=O)N2CCN(CC=Cc3ccccc3)CC2)cs1. The summed E-state index contributed by atoms with van der Waals surface area (Å²) in [6, 6.07) is 10.3. The topological polar surface area (TPSA) is 36.4 Å². The minimum atomic E-state index is 0.0816. The number of carbonyl (C=O) groups excluding carboxylic acids is 1. The first-order chi connectivity index (χ1) is 12.3. The average Bonchev–Trinajstić information content (AvgIpc) is 3.12. The molecule has 5 heteroatoms. The van der Waals surface area contributed by atoms with Gasteiger partial charge >= 0.3 is 0 Å². The number of rotatable bonds is 6. The smallest absolute Gasteiger partial charge is 0.273 e. The molecule has 0 atom stereocenters. The molecule has 1 aromatic carbocycles. The summed E-state index contributed by atoms with van der Waals surface area (Å²) in [6.45, 7) is 6.44. The second kappa shape index (κ2) is 8.92. The van der Waals surface area contributed by atoms with E-state index in [-0.39, 0.29) is 5.91 Å². The van der Waals surface area contributed by atoms with Gasteiger partial charge < -0.3 is 4.90 Å². The third-order valence-corrected chi connectivity index (χ3v) is 5.28. The number of aromatic nitrogens is 1. The van der Waals surface area contributed by atoms with E-state index in [0.717, 1.165) is 50.6 Å². The highest BCUT2D eigenvalue weighted by atomic mass is 32.1. The molecule has 0 saturated carbocycles. The molecular weight excluding hydrogens is 330 g/mol. The van der Waals surface area contributed by atoms with Crippen molar-refractivity contribution < 1.29 is 4.79 Å². The van der Waals surface area contributed by atoms with Crippen molar-refractivity contribution >= 4 is 23.3 Å². The van der Waals surface area contributed by atoms with Crippen molar-refractivity contribution in [2.75, 3.05) is 32.7 Å². The van der Waals surface area contributed by atoms with Crippen LogP contribution in [0.1, 0.15) is 34.4 Å². The normalized spacial score (nSPS) is 15.8. The van der Waals surface area contributed by atoms with Crippen LogP contribution in [0.5, 0.6) is 0 Å². The van der Waals surface area contributed by atoms with E-state index in [1.54, 1.807) is 11.3 Å². The van der Waals surface area contributed by atoms with Crippen LogP contribution in [0.3, 0.4) is 0 Å². The molecule has 0 aliphatic carbocycles. The number of nitrogens with zero attached hydrogens (tertiary/aromatic N) is 3. The molecule has 132 valence electrons. The Labute approximate surface area is 153 Å². The maximum Gasteiger partial charge on any atom is 0.273 e. The van der Waals surface area contributed by atoms with Gasteiger partial charge in [0.15, 0.2) is 0 Å². The minimum absolute atomic E-state index is 0.0816. The lowest BCUT2D eigenvalue weighted by Crippen LogP contribution is -2.48. The highest BCUT2D eigenvalue weighted by Crippen LogP contribution is 2.15. The van der Waals surface area contributed by atoms with Crippen LogP contribution >= 0.6 is 11.3 Å². The fraction of sp³-hybridized carbons (Fsp3) is 0.400. The van der Waals surface area contributed by atoms with Crippen LogP contribution in [0, 0.1) is 0 Å². The van der Waals surface area contributed by atoms with Crippen molar-refractivity contribution in [2.45, 2.75) is 19.8 Å². The van der Waals surface area contributed by atoms with Crippen LogP contribution in [-0.4, -0.2) is 53.4 Å². The van der Waals surface area contributed by atoms with Gasteiger partial charge in [-0.05, 0) is 18.4 Å². The van der Waals surface area contributed by atoms with Crippen molar-refractivity contribution in [3.05, 3.63) is 58.1 Å². The van der Waals surface area contributed by atoms with Gasteiger partial charge in [-0.25, -0.2) is 4.98 Å². The molecule has 0 N–H and O–H groups in total. The zero-order valence-corrected chi connectivity index (χ0v) is 15.5. The lowest BCUT2D eigenvalue weighted by atomic mass is 10.2. The lowest BCUT2D eigenvalue weighted by Gasteiger charge is -2.33. The van der Waals surface area contributed by atoms with Gasteiger partial charge in [-0.2, -0.15) is 0 Å². The zero-order chi connectivity index (χ0) is 17.5. The predicted octanol–water partition coefficient (Wildman–Crippen LogP) is 3.57. The number of amides is 1. The van der Waals surface area contributed by atoms with Crippen LogP contribution < -0.4 is 0 Å². The Balaban J connectivity index is 1.46. The van der Waals surface area contributed by atoms with Gasteiger partial charge in [0.1, 0.15) is 5.69 Å². The fourth-order valence-corrected chi connectivity index (χ4v) is 3.81. The van der Waals surface area contributed by atoms with Crippen LogP contribution in [0.25, 0.3) is 6.08 Å². The van der Waals surface area contributed by atoms with E-state index in [1.165, 1.54) is 5.56 Å². The van der Waals surface area contributed by atoms with E-state index in [0.29, 0.717) is 5.69 Å². The summed E-state index contributed by atoms with van der Waals surface area (Å²) < 4.78 is 0. The zero-order valence-electron chi connectivity index (χ0n) is 14.7. The first kappa shape index (κ1) is 17.8. The summed E-state index contributed by atoms with van der Waals surface area (Å²) >= 11 is 1.60. The molecule has 4 nitrogen and oxygen atoms in total. The van der Waals surface area contributed by atoms with Gasteiger partial charge in [-0.15, -0.1) is 11.3 Å². The largest absolute Gasteiger partial charge is 0.335 e. The lowest BCUT2D eigenvalue weighted by molar-refractivity contribution is 0.0645. The molecular formula is C20H25N3OS. The third kappa shape index (κ3) is 5.00. The molecule has 1 aliphatic rings. The molecule has 0 bridgehead atoms. The maximum absolute atomic E-state index is 12.6. The van der Waals surface area contributed by atoms with Crippen molar-refractivity contribution in [3.8, 4) is 0 Å². The molecule has 1 saturated heterocycles. The number of aryl methyl sites for hydroxylation is 1. The Hall–Kier alpha value is -1.98. The average molecular weight is 356 g/mol. The quantitative estimate of drug-likeness (QED) is 0.795. The van der Waals surface area contributed by atoms with E-state index in [9.17, 15) is 4.79 Å². The van der Waals surface area contributed by atoms with E-state index in [4.69, 9.17) is 0 Å². The van der Waals surface area contributed by atoms with Crippen LogP contribution in [-0.2, 0) is 6.42 Å². The first-order valence-corrected chi connectivity index (χ1v) is 9.82. The molecule has 0 spiro atoms. The van der Waals surface area contributed by atoms with Crippen molar-refractivity contribution in [1.82, 2.24) is 14.8 Å². The summed E-state index contributed by atoms with van der Waals surface area (Å²) in [5.41, 5.74) is 1.84. The van der Waals surface area contributed by atoms with Crippen molar-refractivity contribution in [2.24, 2.45) is 0 Å². The predicted molar refractivity (Wildman–Crippen MR) is 104 cm³/mol. The summed E-state index contributed by atoms with van der Waals surface area (Å²) in [6.07, 6.45) is 6.38. The maximum atomic E-state index is 12.6. The number of benzene rings is 1. The molecule has 3 rings (SSSR count). The number of hydrogen-bond donors (Lipinski definition) is 0. The Morgan fingerprint density at radius 1 is 1.20 bits per heavy atom. The molecule has 1 fully saturated rings. The number of carbonyl (C=O) groups is 1. The molecule has 1 aliphatic heterocycles. The van der Waals surface area contributed by atoms with E-state index in [1.807, 2.05) is 16.3 Å². The van der Waals surface area contributed by atoms with Gasteiger partial charge in [-0.3, -0.25) is 9.69 Å². The summed E-state index contributed by atoms with van der Waals surface area (Å²) in [7, 11) is 0. The van der Waals surface area contributed by atoms with Crippen molar-refractivity contribution in [3.63, 3.8) is 0 Å². The monoisotopic (exact) mass is 355 g/mol.